The first-order valence-electron chi connectivity index (χ1n) is 5.39. The zero-order valence-corrected chi connectivity index (χ0v) is 14.1. The Morgan fingerprint density at radius 1 is 1.25 bits per heavy atom. The van der Waals surface area contributed by atoms with Crippen LogP contribution in [0.25, 0.3) is 0 Å². The van der Waals surface area contributed by atoms with Gasteiger partial charge in [0.05, 0.1) is 5.69 Å². The number of benzene rings is 1. The fraction of sp³-hybridized carbons (Fsp3) is 0.0833. The number of nitrogens with zero attached hydrogens (tertiary/aromatic N) is 1. The van der Waals surface area contributed by atoms with E-state index in [1.54, 1.807) is 12.1 Å². The van der Waals surface area contributed by atoms with Crippen molar-refractivity contribution >= 4 is 54.8 Å². The van der Waals surface area contributed by atoms with Gasteiger partial charge in [0.25, 0.3) is 10.0 Å². The van der Waals surface area contributed by atoms with Crippen LogP contribution in [0.2, 0.25) is 10.2 Å². The van der Waals surface area contributed by atoms with E-state index in [0.717, 1.165) is 5.56 Å². The Balaban J connectivity index is 2.40. The molecule has 106 valence electrons. The molecule has 1 aromatic heterocycles. The molecule has 0 spiro atoms. The fourth-order valence-corrected chi connectivity index (χ4v) is 3.63. The molecule has 0 amide bonds. The average Bonchev–Trinajstić information content (AvgIpc) is 2.36. The molecular weight excluding hydrogens is 387 g/mol. The summed E-state index contributed by atoms with van der Waals surface area (Å²) in [5.74, 6) is 0. The van der Waals surface area contributed by atoms with E-state index in [0.29, 0.717) is 15.2 Å². The summed E-state index contributed by atoms with van der Waals surface area (Å²) in [7, 11) is -3.83. The van der Waals surface area contributed by atoms with Crippen LogP contribution in [-0.2, 0) is 10.0 Å². The van der Waals surface area contributed by atoms with Crippen molar-refractivity contribution in [3.8, 4) is 0 Å². The Morgan fingerprint density at radius 2 is 1.95 bits per heavy atom. The average molecular weight is 396 g/mol. The topological polar surface area (TPSA) is 59.1 Å². The summed E-state index contributed by atoms with van der Waals surface area (Å²) in [5, 5.41) is 0.377. The van der Waals surface area contributed by atoms with Gasteiger partial charge in [-0.1, -0.05) is 29.3 Å². The smallest absolute Gasteiger partial charge is 0.265 e. The van der Waals surface area contributed by atoms with Gasteiger partial charge in [-0.05, 0) is 46.6 Å². The predicted molar refractivity (Wildman–Crippen MR) is 83.9 cm³/mol. The van der Waals surface area contributed by atoms with Gasteiger partial charge in [-0.25, -0.2) is 13.4 Å². The molecule has 1 aromatic carbocycles. The molecule has 0 aliphatic carbocycles. The van der Waals surface area contributed by atoms with Crippen molar-refractivity contribution in [2.45, 2.75) is 11.8 Å². The van der Waals surface area contributed by atoms with Gasteiger partial charge < -0.3 is 0 Å². The first kappa shape index (κ1) is 15.6. The van der Waals surface area contributed by atoms with Gasteiger partial charge >= 0.3 is 0 Å². The first-order valence-corrected chi connectivity index (χ1v) is 8.43. The van der Waals surface area contributed by atoms with E-state index < -0.39 is 10.0 Å². The third-order valence-corrected chi connectivity index (χ3v) is 5.14. The second-order valence-corrected chi connectivity index (χ2v) is 7.34. The van der Waals surface area contributed by atoms with Gasteiger partial charge in [0, 0.05) is 15.7 Å². The van der Waals surface area contributed by atoms with Crippen LogP contribution in [0.1, 0.15) is 5.56 Å². The van der Waals surface area contributed by atoms with Gasteiger partial charge in [-0.15, -0.1) is 0 Å². The highest BCUT2D eigenvalue weighted by atomic mass is 79.9. The van der Waals surface area contributed by atoms with Crippen molar-refractivity contribution < 1.29 is 8.42 Å². The standard InChI is InChI=1S/C12H9BrCl2N2O2S/c1-7-2-3-9(5-10(7)14)17-20(18,19)11-4-8(13)6-16-12(11)15/h2-6,17H,1H3. The molecule has 8 heteroatoms. The summed E-state index contributed by atoms with van der Waals surface area (Å²) >= 11 is 15.0. The number of rotatable bonds is 3. The lowest BCUT2D eigenvalue weighted by atomic mass is 10.2. The SMILES string of the molecule is Cc1ccc(NS(=O)(=O)c2cc(Br)cnc2Cl)cc1Cl. The largest absolute Gasteiger partial charge is 0.279 e. The lowest BCUT2D eigenvalue weighted by molar-refractivity contribution is 0.601. The van der Waals surface area contributed by atoms with Crippen LogP contribution in [0.15, 0.2) is 39.8 Å². The highest BCUT2D eigenvalue weighted by Crippen LogP contribution is 2.26. The number of aryl methyl sites for hydroxylation is 1. The molecule has 2 rings (SSSR count). The number of hydrogen-bond donors (Lipinski definition) is 1. The summed E-state index contributed by atoms with van der Waals surface area (Å²) in [6, 6.07) is 6.26. The predicted octanol–water partition coefficient (Wildman–Crippen LogP) is 4.26. The minimum atomic E-state index is -3.83. The fourth-order valence-electron chi connectivity index (χ4n) is 1.46. The Labute approximate surface area is 135 Å². The molecule has 4 nitrogen and oxygen atoms in total. The van der Waals surface area contributed by atoms with Crippen molar-refractivity contribution in [1.82, 2.24) is 4.98 Å². The van der Waals surface area contributed by atoms with E-state index >= 15 is 0 Å². The first-order chi connectivity index (χ1) is 9.29. The molecule has 0 radical (unpaired) electrons. The summed E-state index contributed by atoms with van der Waals surface area (Å²) in [5.41, 5.74) is 1.22. The number of anilines is 1. The Hall–Kier alpha value is -0.820. The minimum absolute atomic E-state index is 0.0982. The zero-order valence-electron chi connectivity index (χ0n) is 10.2. The second-order valence-electron chi connectivity index (χ2n) is 4.01. The van der Waals surface area contributed by atoms with Gasteiger partial charge in [-0.3, -0.25) is 4.72 Å². The van der Waals surface area contributed by atoms with E-state index in [1.807, 2.05) is 6.92 Å². The molecule has 0 fully saturated rings. The van der Waals surface area contributed by atoms with Crippen molar-refractivity contribution in [2.75, 3.05) is 4.72 Å². The highest BCUT2D eigenvalue weighted by molar-refractivity contribution is 9.10. The van der Waals surface area contributed by atoms with Crippen molar-refractivity contribution in [3.05, 3.63) is 50.7 Å². The van der Waals surface area contributed by atoms with Crippen molar-refractivity contribution in [1.29, 1.82) is 0 Å². The lowest BCUT2D eigenvalue weighted by Crippen LogP contribution is -2.14. The molecule has 0 aliphatic heterocycles. The normalized spacial score (nSPS) is 11.4. The van der Waals surface area contributed by atoms with E-state index in [9.17, 15) is 8.42 Å². The minimum Gasteiger partial charge on any atom is -0.279 e. The zero-order chi connectivity index (χ0) is 14.9. The molecule has 1 heterocycles. The van der Waals surface area contributed by atoms with Gasteiger partial charge in [0.2, 0.25) is 0 Å². The monoisotopic (exact) mass is 394 g/mol. The molecule has 0 aliphatic rings. The summed E-state index contributed by atoms with van der Waals surface area (Å²) < 4.78 is 27.5. The third-order valence-electron chi connectivity index (χ3n) is 2.49. The van der Waals surface area contributed by atoms with Crippen LogP contribution in [0, 0.1) is 6.92 Å². The molecule has 0 saturated heterocycles. The second kappa shape index (κ2) is 5.89. The highest BCUT2D eigenvalue weighted by Gasteiger charge is 2.19. The van der Waals surface area contributed by atoms with E-state index in [1.165, 1.54) is 18.3 Å². The number of halogens is 3. The Kier molecular flexibility index (Phi) is 4.59. The number of sulfonamides is 1. The number of pyridine rings is 1. The van der Waals surface area contributed by atoms with Crippen LogP contribution < -0.4 is 4.72 Å². The van der Waals surface area contributed by atoms with Crippen LogP contribution in [-0.4, -0.2) is 13.4 Å². The van der Waals surface area contributed by atoms with E-state index in [4.69, 9.17) is 23.2 Å². The maximum absolute atomic E-state index is 12.3. The Morgan fingerprint density at radius 3 is 2.60 bits per heavy atom. The van der Waals surface area contributed by atoms with Crippen LogP contribution in [0.4, 0.5) is 5.69 Å². The lowest BCUT2D eigenvalue weighted by Gasteiger charge is -2.10. The Bertz CT molecular complexity index is 766. The summed E-state index contributed by atoms with van der Waals surface area (Å²) in [6.07, 6.45) is 1.42. The maximum Gasteiger partial charge on any atom is 0.265 e. The van der Waals surface area contributed by atoms with Crippen LogP contribution >= 0.6 is 39.1 Å². The molecule has 0 bridgehead atoms. The van der Waals surface area contributed by atoms with Gasteiger partial charge in [0.1, 0.15) is 10.0 Å². The maximum atomic E-state index is 12.3. The van der Waals surface area contributed by atoms with E-state index in [2.05, 4.69) is 25.6 Å². The van der Waals surface area contributed by atoms with E-state index in [-0.39, 0.29) is 10.0 Å². The summed E-state index contributed by atoms with van der Waals surface area (Å²) in [6.45, 7) is 1.83. The number of nitrogens with one attached hydrogen (secondary N) is 1. The molecule has 20 heavy (non-hydrogen) atoms. The molecule has 0 saturated carbocycles. The van der Waals surface area contributed by atoms with Crippen LogP contribution in [0.3, 0.4) is 0 Å². The van der Waals surface area contributed by atoms with Crippen LogP contribution in [0.5, 0.6) is 0 Å². The third kappa shape index (κ3) is 3.44. The summed E-state index contributed by atoms with van der Waals surface area (Å²) in [4.78, 5) is 3.69. The quantitative estimate of drug-likeness (QED) is 0.789. The molecular formula is C12H9BrCl2N2O2S. The molecule has 2 aromatic rings. The molecule has 0 atom stereocenters. The molecule has 1 N–H and O–H groups in total. The number of hydrogen-bond acceptors (Lipinski definition) is 3. The van der Waals surface area contributed by atoms with Crippen molar-refractivity contribution in [2.24, 2.45) is 0 Å². The molecule has 0 unspecified atom stereocenters. The van der Waals surface area contributed by atoms with Gasteiger partial charge in [-0.2, -0.15) is 0 Å². The van der Waals surface area contributed by atoms with Gasteiger partial charge in [0.15, 0.2) is 0 Å². The van der Waals surface area contributed by atoms with Crippen molar-refractivity contribution in [3.63, 3.8) is 0 Å². The number of aromatic nitrogens is 1.